The van der Waals surface area contributed by atoms with Gasteiger partial charge in [-0.3, -0.25) is 4.79 Å². The fourth-order valence-corrected chi connectivity index (χ4v) is 1.08. The van der Waals surface area contributed by atoms with Crippen LogP contribution in [0.15, 0.2) is 18.3 Å². The van der Waals surface area contributed by atoms with Crippen LogP contribution in [0.1, 0.15) is 10.4 Å². The van der Waals surface area contributed by atoms with E-state index in [1.807, 2.05) is 19.0 Å². The van der Waals surface area contributed by atoms with Crippen LogP contribution in [0, 0.1) is 0 Å². The van der Waals surface area contributed by atoms with E-state index in [1.165, 1.54) is 0 Å². The smallest absolute Gasteiger partial charge is 0.251 e. The molecule has 1 aromatic heterocycles. The summed E-state index contributed by atoms with van der Waals surface area (Å²) in [6, 6.07) is 3.34. The van der Waals surface area contributed by atoms with Gasteiger partial charge in [-0.15, -0.1) is 0 Å². The van der Waals surface area contributed by atoms with Crippen molar-refractivity contribution in [1.29, 1.82) is 0 Å². The summed E-state index contributed by atoms with van der Waals surface area (Å²) in [6.45, 7) is 0.204. The lowest BCUT2D eigenvalue weighted by Gasteiger charge is -2.11. The quantitative estimate of drug-likeness (QED) is 0.725. The Balaban J connectivity index is 2.76. The van der Waals surface area contributed by atoms with Gasteiger partial charge in [0.05, 0.1) is 6.61 Å². The number of nitrogens with zero attached hydrogens (tertiary/aromatic N) is 2. The summed E-state index contributed by atoms with van der Waals surface area (Å²) in [6.07, 6.45) is 1.59. The average Bonchev–Trinajstić information content (AvgIpc) is 2.26. The second-order valence-corrected chi connectivity index (χ2v) is 3.28. The Bertz CT molecular complexity index is 339. The number of pyridine rings is 1. The molecule has 0 spiro atoms. The number of aliphatic hydroxyl groups is 1. The van der Waals surface area contributed by atoms with Gasteiger partial charge in [0, 0.05) is 32.4 Å². The molecule has 1 heterocycles. The monoisotopic (exact) mass is 209 g/mol. The average molecular weight is 209 g/mol. The molecule has 1 amide bonds. The van der Waals surface area contributed by atoms with Crippen LogP contribution in [0.25, 0.3) is 0 Å². The molecule has 0 fully saturated rings. The molecule has 82 valence electrons. The summed E-state index contributed by atoms with van der Waals surface area (Å²) < 4.78 is 0. The van der Waals surface area contributed by atoms with Gasteiger partial charge in [0.25, 0.3) is 5.91 Å². The minimum absolute atomic E-state index is 0.0582. The van der Waals surface area contributed by atoms with Gasteiger partial charge in [-0.2, -0.15) is 0 Å². The fourth-order valence-electron chi connectivity index (χ4n) is 1.08. The lowest BCUT2D eigenvalue weighted by atomic mass is 10.2. The Hall–Kier alpha value is -1.62. The number of amides is 1. The molecule has 0 saturated carbocycles. The summed E-state index contributed by atoms with van der Waals surface area (Å²) in [5.74, 6) is 0.529. The van der Waals surface area contributed by atoms with E-state index in [2.05, 4.69) is 10.3 Å². The summed E-state index contributed by atoms with van der Waals surface area (Å²) in [7, 11) is 3.72. The zero-order chi connectivity index (χ0) is 11.3. The Kier molecular flexibility index (Phi) is 4.05. The van der Waals surface area contributed by atoms with E-state index in [4.69, 9.17) is 5.11 Å². The van der Waals surface area contributed by atoms with Crippen LogP contribution in [0.5, 0.6) is 0 Å². The number of hydrogen-bond donors (Lipinski definition) is 2. The van der Waals surface area contributed by atoms with Crippen LogP contribution in [0.2, 0.25) is 0 Å². The number of rotatable bonds is 4. The number of hydrogen-bond acceptors (Lipinski definition) is 4. The predicted octanol–water partition coefficient (Wildman–Crippen LogP) is -0.130. The van der Waals surface area contributed by atoms with Crippen molar-refractivity contribution in [3.63, 3.8) is 0 Å². The van der Waals surface area contributed by atoms with E-state index in [1.54, 1.807) is 18.3 Å². The molecule has 0 bridgehead atoms. The molecule has 0 saturated heterocycles. The van der Waals surface area contributed by atoms with Crippen LogP contribution >= 0.6 is 0 Å². The van der Waals surface area contributed by atoms with E-state index < -0.39 is 0 Å². The minimum atomic E-state index is -0.199. The standard InChI is InChI=1S/C10H15N3O2/c1-13(2)9-7-8(3-4-11-9)10(15)12-5-6-14/h3-4,7,14H,5-6H2,1-2H3,(H,12,15). The third-order valence-electron chi connectivity index (χ3n) is 1.86. The normalized spacial score (nSPS) is 9.80. The molecule has 0 radical (unpaired) electrons. The van der Waals surface area contributed by atoms with Gasteiger partial charge in [-0.25, -0.2) is 4.98 Å². The molecule has 0 aliphatic carbocycles. The Labute approximate surface area is 88.7 Å². The second kappa shape index (κ2) is 5.31. The van der Waals surface area contributed by atoms with Gasteiger partial charge in [0.2, 0.25) is 0 Å². The van der Waals surface area contributed by atoms with E-state index in [9.17, 15) is 4.79 Å². The van der Waals surface area contributed by atoms with Gasteiger partial charge >= 0.3 is 0 Å². The van der Waals surface area contributed by atoms with Gasteiger partial charge in [-0.1, -0.05) is 0 Å². The molecule has 0 aromatic carbocycles. The van der Waals surface area contributed by atoms with E-state index >= 15 is 0 Å². The Morgan fingerprint density at radius 3 is 2.93 bits per heavy atom. The van der Waals surface area contributed by atoms with Gasteiger partial charge in [-0.05, 0) is 12.1 Å². The number of carbonyl (C=O) groups is 1. The molecule has 0 atom stereocenters. The van der Waals surface area contributed by atoms with Crippen molar-refractivity contribution in [3.05, 3.63) is 23.9 Å². The topological polar surface area (TPSA) is 65.5 Å². The molecule has 1 aromatic rings. The molecule has 0 aliphatic heterocycles. The van der Waals surface area contributed by atoms with Crippen molar-refractivity contribution in [2.45, 2.75) is 0 Å². The lowest BCUT2D eigenvalue weighted by molar-refractivity contribution is 0.0944. The SMILES string of the molecule is CN(C)c1cc(C(=O)NCCO)ccn1. The maximum absolute atomic E-state index is 11.5. The first-order chi connectivity index (χ1) is 7.15. The van der Waals surface area contributed by atoms with Crippen molar-refractivity contribution in [2.75, 3.05) is 32.1 Å². The highest BCUT2D eigenvalue weighted by molar-refractivity contribution is 5.94. The van der Waals surface area contributed by atoms with Crippen LogP contribution in [0.3, 0.4) is 0 Å². The number of anilines is 1. The minimum Gasteiger partial charge on any atom is -0.395 e. The van der Waals surface area contributed by atoms with E-state index in [0.717, 1.165) is 5.82 Å². The van der Waals surface area contributed by atoms with Crippen LogP contribution in [-0.4, -0.2) is 43.2 Å². The summed E-state index contributed by atoms with van der Waals surface area (Å²) >= 11 is 0. The third-order valence-corrected chi connectivity index (χ3v) is 1.86. The first kappa shape index (κ1) is 11.5. The van der Waals surface area contributed by atoms with Crippen molar-refractivity contribution in [1.82, 2.24) is 10.3 Å². The van der Waals surface area contributed by atoms with Gasteiger partial charge in [0.1, 0.15) is 5.82 Å². The van der Waals surface area contributed by atoms with Gasteiger partial charge in [0.15, 0.2) is 0 Å². The molecule has 2 N–H and O–H groups in total. The maximum Gasteiger partial charge on any atom is 0.251 e. The van der Waals surface area contributed by atoms with Crippen molar-refractivity contribution in [3.8, 4) is 0 Å². The Morgan fingerprint density at radius 2 is 2.33 bits per heavy atom. The molecule has 1 rings (SSSR count). The van der Waals surface area contributed by atoms with Crippen molar-refractivity contribution in [2.24, 2.45) is 0 Å². The maximum atomic E-state index is 11.5. The lowest BCUT2D eigenvalue weighted by Crippen LogP contribution is -2.26. The highest BCUT2D eigenvalue weighted by atomic mass is 16.3. The summed E-state index contributed by atoms with van der Waals surface area (Å²) in [5, 5.41) is 11.1. The van der Waals surface area contributed by atoms with Crippen LogP contribution in [-0.2, 0) is 0 Å². The molecule has 5 nitrogen and oxygen atoms in total. The third kappa shape index (κ3) is 3.21. The molecule has 0 unspecified atom stereocenters. The first-order valence-corrected chi connectivity index (χ1v) is 4.67. The Morgan fingerprint density at radius 1 is 1.60 bits per heavy atom. The number of aromatic nitrogens is 1. The largest absolute Gasteiger partial charge is 0.395 e. The number of aliphatic hydroxyl groups excluding tert-OH is 1. The van der Waals surface area contributed by atoms with Crippen LogP contribution in [0.4, 0.5) is 5.82 Å². The predicted molar refractivity (Wildman–Crippen MR) is 58.0 cm³/mol. The molecular formula is C10H15N3O2. The molecule has 15 heavy (non-hydrogen) atoms. The zero-order valence-electron chi connectivity index (χ0n) is 8.90. The molecule has 5 heteroatoms. The molecule has 0 aliphatic rings. The second-order valence-electron chi connectivity index (χ2n) is 3.28. The first-order valence-electron chi connectivity index (χ1n) is 4.67. The molecular weight excluding hydrogens is 194 g/mol. The number of nitrogens with one attached hydrogen (secondary N) is 1. The van der Waals surface area contributed by atoms with Gasteiger partial charge < -0.3 is 15.3 Å². The highest BCUT2D eigenvalue weighted by Gasteiger charge is 2.06. The van der Waals surface area contributed by atoms with E-state index in [0.29, 0.717) is 5.56 Å². The fraction of sp³-hybridized carbons (Fsp3) is 0.400. The van der Waals surface area contributed by atoms with Crippen LogP contribution < -0.4 is 10.2 Å². The highest BCUT2D eigenvalue weighted by Crippen LogP contribution is 2.08. The number of carbonyl (C=O) groups excluding carboxylic acids is 1. The van der Waals surface area contributed by atoms with E-state index in [-0.39, 0.29) is 19.1 Å². The summed E-state index contributed by atoms with van der Waals surface area (Å²) in [4.78, 5) is 17.4. The summed E-state index contributed by atoms with van der Waals surface area (Å²) in [5.41, 5.74) is 0.544. The van der Waals surface area contributed by atoms with Crippen molar-refractivity contribution >= 4 is 11.7 Å². The van der Waals surface area contributed by atoms with Crippen molar-refractivity contribution < 1.29 is 9.90 Å². The zero-order valence-corrected chi connectivity index (χ0v) is 8.90.